The highest BCUT2D eigenvalue weighted by Crippen LogP contribution is 2.28. The first-order chi connectivity index (χ1) is 9.77. The van der Waals surface area contributed by atoms with Crippen LogP contribution >= 0.6 is 15.9 Å². The average molecular weight is 348 g/mol. The Balaban J connectivity index is 2.20. The number of likely N-dealkylation sites (N-methyl/N-ethyl adjacent to an activating group) is 1. The minimum Gasteiger partial charge on any atom is -0.383 e. The van der Waals surface area contributed by atoms with Gasteiger partial charge in [0, 0.05) is 7.11 Å². The van der Waals surface area contributed by atoms with Crippen LogP contribution in [0.5, 0.6) is 0 Å². The molecule has 1 aromatic heterocycles. The van der Waals surface area contributed by atoms with Crippen molar-refractivity contribution in [3.63, 3.8) is 0 Å². The van der Waals surface area contributed by atoms with Crippen LogP contribution in [-0.2, 0) is 20.8 Å². The minimum absolute atomic E-state index is 0.00186. The predicted octanol–water partition coefficient (Wildman–Crippen LogP) is 1.36. The molecule has 6 nitrogen and oxygen atoms in total. The summed E-state index contributed by atoms with van der Waals surface area (Å²) < 4.78 is 19.5. The molecule has 0 aromatic carbocycles. The molecule has 1 fully saturated rings. The first kappa shape index (κ1) is 15.9. The molecule has 1 aromatic rings. The van der Waals surface area contributed by atoms with E-state index >= 15 is 0 Å². The molecule has 1 aliphatic heterocycles. The van der Waals surface area contributed by atoms with Gasteiger partial charge < -0.3 is 19.5 Å². The van der Waals surface area contributed by atoms with E-state index in [1.807, 2.05) is 10.9 Å². The molecule has 0 saturated carbocycles. The van der Waals surface area contributed by atoms with Gasteiger partial charge in [0.2, 0.25) is 0 Å². The third-order valence-corrected chi connectivity index (χ3v) is 3.88. The van der Waals surface area contributed by atoms with Crippen molar-refractivity contribution < 1.29 is 14.2 Å². The van der Waals surface area contributed by atoms with Crippen LogP contribution in [0.15, 0.2) is 10.7 Å². The molecule has 1 aliphatic rings. The molecule has 2 atom stereocenters. The summed E-state index contributed by atoms with van der Waals surface area (Å²) in [5.74, 6) is 0. The molecule has 2 unspecified atom stereocenters. The number of nitrogens with one attached hydrogen (secondary N) is 1. The van der Waals surface area contributed by atoms with Crippen molar-refractivity contribution in [2.45, 2.75) is 25.6 Å². The van der Waals surface area contributed by atoms with E-state index in [9.17, 15) is 0 Å². The molecule has 0 spiro atoms. The minimum atomic E-state index is -0.00186. The van der Waals surface area contributed by atoms with Gasteiger partial charge in [0.1, 0.15) is 6.10 Å². The zero-order valence-corrected chi connectivity index (χ0v) is 13.6. The van der Waals surface area contributed by atoms with Gasteiger partial charge in [-0.15, -0.1) is 0 Å². The molecule has 0 radical (unpaired) electrons. The van der Waals surface area contributed by atoms with E-state index in [0.29, 0.717) is 33.0 Å². The van der Waals surface area contributed by atoms with Gasteiger partial charge in [-0.2, -0.15) is 5.10 Å². The van der Waals surface area contributed by atoms with Crippen molar-refractivity contribution in [3.8, 4) is 0 Å². The van der Waals surface area contributed by atoms with Crippen LogP contribution in [0.1, 0.15) is 18.7 Å². The summed E-state index contributed by atoms with van der Waals surface area (Å²) >= 11 is 3.59. The topological polar surface area (TPSA) is 57.5 Å². The van der Waals surface area contributed by atoms with E-state index in [-0.39, 0.29) is 12.1 Å². The molecule has 7 heteroatoms. The lowest BCUT2D eigenvalue weighted by Crippen LogP contribution is -2.41. The van der Waals surface area contributed by atoms with Crippen molar-refractivity contribution in [1.82, 2.24) is 15.1 Å². The van der Waals surface area contributed by atoms with Gasteiger partial charge in [0.05, 0.1) is 55.4 Å². The Labute approximate surface area is 127 Å². The molecule has 1 N–H and O–H groups in total. The smallest absolute Gasteiger partial charge is 0.102 e. The van der Waals surface area contributed by atoms with Gasteiger partial charge in [-0.25, -0.2) is 0 Å². The summed E-state index contributed by atoms with van der Waals surface area (Å²) in [6, 6.07) is 0.0500. The number of hydrogen-bond donors (Lipinski definition) is 1. The summed E-state index contributed by atoms with van der Waals surface area (Å²) in [6.07, 6.45) is 1.82. The maximum Gasteiger partial charge on any atom is 0.102 e. The molecule has 2 rings (SSSR count). The number of aromatic nitrogens is 2. The summed E-state index contributed by atoms with van der Waals surface area (Å²) in [5, 5.41) is 7.88. The SMILES string of the molecule is CCNC(c1c(Br)cnn1CCOC)C1COCCO1. The molecule has 2 heterocycles. The van der Waals surface area contributed by atoms with Crippen molar-refractivity contribution in [2.24, 2.45) is 0 Å². The van der Waals surface area contributed by atoms with Crippen molar-refractivity contribution in [2.75, 3.05) is 40.1 Å². The van der Waals surface area contributed by atoms with E-state index in [2.05, 4.69) is 33.3 Å². The van der Waals surface area contributed by atoms with Crippen LogP contribution in [-0.4, -0.2) is 56.0 Å². The van der Waals surface area contributed by atoms with Crippen LogP contribution < -0.4 is 5.32 Å². The van der Waals surface area contributed by atoms with Gasteiger partial charge in [0.25, 0.3) is 0 Å². The maximum atomic E-state index is 5.85. The van der Waals surface area contributed by atoms with Crippen LogP contribution in [0.2, 0.25) is 0 Å². The third kappa shape index (κ3) is 3.79. The van der Waals surface area contributed by atoms with Crippen molar-refractivity contribution in [3.05, 3.63) is 16.4 Å². The first-order valence-electron chi connectivity index (χ1n) is 6.90. The molecular weight excluding hydrogens is 326 g/mol. The van der Waals surface area contributed by atoms with Crippen molar-refractivity contribution >= 4 is 15.9 Å². The van der Waals surface area contributed by atoms with E-state index in [1.165, 1.54) is 0 Å². The predicted molar refractivity (Wildman–Crippen MR) is 78.8 cm³/mol. The molecule has 0 amide bonds. The highest BCUT2D eigenvalue weighted by Gasteiger charge is 2.30. The number of halogens is 1. The van der Waals surface area contributed by atoms with Gasteiger partial charge in [-0.3, -0.25) is 4.68 Å². The van der Waals surface area contributed by atoms with E-state index in [1.54, 1.807) is 7.11 Å². The quantitative estimate of drug-likeness (QED) is 0.806. The average Bonchev–Trinajstić information content (AvgIpc) is 2.84. The Bertz CT molecular complexity index is 408. The number of nitrogens with zero attached hydrogens (tertiary/aromatic N) is 2. The van der Waals surface area contributed by atoms with Crippen LogP contribution in [0, 0.1) is 0 Å². The Morgan fingerprint density at radius 2 is 2.45 bits per heavy atom. The van der Waals surface area contributed by atoms with E-state index in [4.69, 9.17) is 14.2 Å². The summed E-state index contributed by atoms with van der Waals surface area (Å²) in [4.78, 5) is 0. The molecule has 0 aliphatic carbocycles. The molecule has 1 saturated heterocycles. The fraction of sp³-hybridized carbons (Fsp3) is 0.769. The Hall–Kier alpha value is -0.470. The largest absolute Gasteiger partial charge is 0.383 e. The van der Waals surface area contributed by atoms with Crippen LogP contribution in [0.25, 0.3) is 0 Å². The zero-order chi connectivity index (χ0) is 14.4. The van der Waals surface area contributed by atoms with Gasteiger partial charge in [-0.05, 0) is 22.5 Å². The molecule has 114 valence electrons. The van der Waals surface area contributed by atoms with Gasteiger partial charge in [-0.1, -0.05) is 6.92 Å². The van der Waals surface area contributed by atoms with E-state index in [0.717, 1.165) is 16.7 Å². The van der Waals surface area contributed by atoms with Gasteiger partial charge in [0.15, 0.2) is 0 Å². The summed E-state index contributed by atoms with van der Waals surface area (Å²) in [7, 11) is 1.69. The fourth-order valence-corrected chi connectivity index (χ4v) is 2.90. The molecule has 0 bridgehead atoms. The van der Waals surface area contributed by atoms with Crippen LogP contribution in [0.4, 0.5) is 0 Å². The second kappa shape index (κ2) is 8.09. The second-order valence-corrected chi connectivity index (χ2v) is 5.47. The zero-order valence-electron chi connectivity index (χ0n) is 12.0. The Morgan fingerprint density at radius 3 is 3.10 bits per heavy atom. The Kier molecular flexibility index (Phi) is 6.44. The maximum absolute atomic E-state index is 5.85. The normalized spacial score (nSPS) is 21.1. The number of ether oxygens (including phenoxy) is 3. The molecule has 20 heavy (non-hydrogen) atoms. The molecular formula is C13H22BrN3O3. The van der Waals surface area contributed by atoms with Gasteiger partial charge >= 0.3 is 0 Å². The highest BCUT2D eigenvalue weighted by molar-refractivity contribution is 9.10. The van der Waals surface area contributed by atoms with Crippen LogP contribution in [0.3, 0.4) is 0 Å². The lowest BCUT2D eigenvalue weighted by atomic mass is 10.1. The first-order valence-corrected chi connectivity index (χ1v) is 7.70. The third-order valence-electron chi connectivity index (χ3n) is 3.27. The second-order valence-electron chi connectivity index (χ2n) is 4.61. The van der Waals surface area contributed by atoms with Crippen molar-refractivity contribution in [1.29, 1.82) is 0 Å². The number of rotatable bonds is 7. The number of methoxy groups -OCH3 is 1. The standard InChI is InChI=1S/C13H22BrN3O3/c1-3-15-12(11-9-19-6-7-20-11)13-10(14)8-16-17(13)4-5-18-2/h8,11-12,15H,3-7,9H2,1-2H3. The lowest BCUT2D eigenvalue weighted by molar-refractivity contribution is -0.103. The lowest BCUT2D eigenvalue weighted by Gasteiger charge is -2.31. The summed E-state index contributed by atoms with van der Waals surface area (Å²) in [6.45, 7) is 6.18. The Morgan fingerprint density at radius 1 is 1.60 bits per heavy atom. The summed E-state index contributed by atoms with van der Waals surface area (Å²) in [5.41, 5.74) is 1.08. The van der Waals surface area contributed by atoms with E-state index < -0.39 is 0 Å². The number of hydrogen-bond acceptors (Lipinski definition) is 5. The monoisotopic (exact) mass is 347 g/mol. The fourth-order valence-electron chi connectivity index (χ4n) is 2.36. The highest BCUT2D eigenvalue weighted by atomic mass is 79.9.